The van der Waals surface area contributed by atoms with Crippen molar-refractivity contribution in [2.75, 3.05) is 6.61 Å². The summed E-state index contributed by atoms with van der Waals surface area (Å²) in [5.41, 5.74) is 0.173. The lowest BCUT2D eigenvalue weighted by atomic mass is 9.46. The van der Waals surface area contributed by atoms with E-state index in [2.05, 4.69) is 6.08 Å². The van der Waals surface area contributed by atoms with Gasteiger partial charge in [-0.15, -0.1) is 0 Å². The van der Waals surface area contributed by atoms with Crippen LogP contribution in [0, 0.1) is 22.7 Å². The largest absolute Gasteiger partial charge is 0.472 e. The van der Waals surface area contributed by atoms with Crippen LogP contribution in [0.5, 0.6) is 0 Å². The van der Waals surface area contributed by atoms with E-state index in [0.717, 1.165) is 5.56 Å². The minimum Gasteiger partial charge on any atom is -0.472 e. The molecule has 4 aliphatic rings. The Morgan fingerprint density at radius 2 is 2.10 bits per heavy atom. The second-order valence-corrected chi connectivity index (χ2v) is 8.70. The molecule has 1 spiro atoms. The van der Waals surface area contributed by atoms with Crippen LogP contribution in [0.4, 0.5) is 0 Å². The highest BCUT2D eigenvalue weighted by Crippen LogP contribution is 2.65. The highest BCUT2D eigenvalue weighted by atomic mass is 16.6. The fraction of sp³-hybridized carbons (Fsp3) is 0.500. The molecule has 0 amide bonds. The van der Waals surface area contributed by atoms with Crippen molar-refractivity contribution < 1.29 is 33.0 Å². The molecule has 1 saturated carbocycles. The summed E-state index contributed by atoms with van der Waals surface area (Å²) in [4.78, 5) is 37.5. The van der Waals surface area contributed by atoms with Crippen LogP contribution in [0.25, 0.3) is 0 Å². The van der Waals surface area contributed by atoms with Gasteiger partial charge in [0.25, 0.3) is 0 Å². The predicted molar refractivity (Wildman–Crippen MR) is 98.0 cm³/mol. The molecule has 6 atom stereocenters. The zero-order valence-electron chi connectivity index (χ0n) is 16.3. The average molecular weight is 398 g/mol. The third-order valence-corrected chi connectivity index (χ3v) is 7.11. The van der Waals surface area contributed by atoms with E-state index >= 15 is 0 Å². The van der Waals surface area contributed by atoms with Gasteiger partial charge < -0.3 is 18.6 Å². The molecule has 7 nitrogen and oxygen atoms in total. The number of hydrogen-bond donors (Lipinski definition) is 0. The van der Waals surface area contributed by atoms with E-state index in [0.29, 0.717) is 18.4 Å². The molecule has 3 heterocycles. The SMILES string of the molecule is CC(=O)O[C@@H]1C[C@@]23COC(=O)C2=CC=CC3[C@@]2(C)C[C@H](c3ccoc3)OC(=O)[C@@H]12. The van der Waals surface area contributed by atoms with E-state index in [1.54, 1.807) is 24.7 Å². The second kappa shape index (κ2) is 6.08. The summed E-state index contributed by atoms with van der Waals surface area (Å²) >= 11 is 0. The molecule has 0 bridgehead atoms. The lowest BCUT2D eigenvalue weighted by Gasteiger charge is -2.58. The van der Waals surface area contributed by atoms with Gasteiger partial charge in [0, 0.05) is 23.5 Å². The molecule has 1 aromatic rings. The van der Waals surface area contributed by atoms with Crippen LogP contribution in [0.1, 0.15) is 38.4 Å². The summed E-state index contributed by atoms with van der Waals surface area (Å²) in [5.74, 6) is -1.93. The molecule has 2 saturated heterocycles. The van der Waals surface area contributed by atoms with E-state index < -0.39 is 34.9 Å². The lowest BCUT2D eigenvalue weighted by molar-refractivity contribution is -0.210. The van der Waals surface area contributed by atoms with E-state index in [9.17, 15) is 14.4 Å². The van der Waals surface area contributed by atoms with E-state index in [1.165, 1.54) is 6.92 Å². The first kappa shape index (κ1) is 18.2. The van der Waals surface area contributed by atoms with Gasteiger partial charge in [-0.25, -0.2) is 4.79 Å². The fourth-order valence-corrected chi connectivity index (χ4v) is 6.03. The number of carbonyl (C=O) groups is 3. The van der Waals surface area contributed by atoms with Crippen molar-refractivity contribution >= 4 is 17.9 Å². The van der Waals surface area contributed by atoms with Gasteiger partial charge in [-0.05, 0) is 30.2 Å². The van der Waals surface area contributed by atoms with Crippen LogP contribution < -0.4 is 0 Å². The van der Waals surface area contributed by atoms with Crippen LogP contribution in [0.2, 0.25) is 0 Å². The molecule has 29 heavy (non-hydrogen) atoms. The molecular weight excluding hydrogens is 376 g/mol. The van der Waals surface area contributed by atoms with E-state index in [-0.39, 0.29) is 24.5 Å². The molecule has 152 valence electrons. The number of rotatable bonds is 2. The number of hydrogen-bond acceptors (Lipinski definition) is 7. The average Bonchev–Trinajstić information content (AvgIpc) is 3.29. The predicted octanol–water partition coefficient (Wildman–Crippen LogP) is 2.88. The number of furan rings is 1. The van der Waals surface area contributed by atoms with Crippen molar-refractivity contribution in [2.24, 2.45) is 22.7 Å². The molecule has 5 rings (SSSR count). The minimum absolute atomic E-state index is 0.125. The van der Waals surface area contributed by atoms with Crippen molar-refractivity contribution in [2.45, 2.75) is 38.9 Å². The molecule has 7 heteroatoms. The Bertz CT molecular complexity index is 942. The first-order chi connectivity index (χ1) is 13.8. The second-order valence-electron chi connectivity index (χ2n) is 8.70. The highest BCUT2D eigenvalue weighted by Gasteiger charge is 2.68. The maximum atomic E-state index is 13.2. The molecule has 2 aliphatic heterocycles. The van der Waals surface area contributed by atoms with Crippen molar-refractivity contribution in [1.82, 2.24) is 0 Å². The summed E-state index contributed by atoms with van der Waals surface area (Å²) in [6.07, 6.45) is 8.58. The smallest absolute Gasteiger partial charge is 0.334 e. The number of fused-ring (bicyclic) bond motifs is 2. The van der Waals surface area contributed by atoms with Crippen molar-refractivity contribution in [3.8, 4) is 0 Å². The van der Waals surface area contributed by atoms with E-state index in [4.69, 9.17) is 18.6 Å². The molecule has 0 radical (unpaired) electrons. The van der Waals surface area contributed by atoms with Gasteiger partial charge in [0.15, 0.2) is 0 Å². The van der Waals surface area contributed by atoms with Gasteiger partial charge in [-0.3, -0.25) is 9.59 Å². The Hall–Kier alpha value is -2.83. The normalized spacial score (nSPS) is 40.1. The molecule has 0 N–H and O–H groups in total. The van der Waals surface area contributed by atoms with Crippen molar-refractivity contribution in [3.05, 3.63) is 48.0 Å². The maximum Gasteiger partial charge on any atom is 0.334 e. The molecule has 1 unspecified atom stereocenters. The van der Waals surface area contributed by atoms with Gasteiger partial charge in [-0.1, -0.05) is 25.2 Å². The van der Waals surface area contributed by atoms with Crippen LogP contribution in [0.15, 0.2) is 46.8 Å². The number of allylic oxidation sites excluding steroid dienone is 3. The number of cyclic esters (lactones) is 2. The Labute approximate surface area is 167 Å². The summed E-state index contributed by atoms with van der Waals surface area (Å²) < 4.78 is 22.0. The Morgan fingerprint density at radius 3 is 2.83 bits per heavy atom. The molecule has 2 aliphatic carbocycles. The Balaban J connectivity index is 1.63. The standard InChI is InChI=1S/C22H22O7/c1-12(23)28-16-9-22-11-27-19(24)14(22)4-3-5-17(22)21(2)8-15(13-6-7-26-10-13)29-20(25)18(16)21/h3-7,10,15-18H,8-9,11H2,1-2H3/t15-,16-,17?,18-,21-,22-/m1/s1. The van der Waals surface area contributed by atoms with Crippen molar-refractivity contribution in [3.63, 3.8) is 0 Å². The van der Waals surface area contributed by atoms with Crippen LogP contribution in [-0.2, 0) is 28.6 Å². The van der Waals surface area contributed by atoms with Gasteiger partial charge in [0.1, 0.15) is 18.8 Å². The van der Waals surface area contributed by atoms with Crippen LogP contribution >= 0.6 is 0 Å². The van der Waals surface area contributed by atoms with Crippen molar-refractivity contribution in [1.29, 1.82) is 0 Å². The van der Waals surface area contributed by atoms with Gasteiger partial charge in [-0.2, -0.15) is 0 Å². The first-order valence-corrected chi connectivity index (χ1v) is 9.81. The quantitative estimate of drug-likeness (QED) is 0.559. The van der Waals surface area contributed by atoms with E-state index in [1.807, 2.05) is 13.0 Å². The lowest BCUT2D eigenvalue weighted by Crippen LogP contribution is -2.62. The third kappa shape index (κ3) is 2.46. The molecule has 0 aromatic carbocycles. The first-order valence-electron chi connectivity index (χ1n) is 9.81. The summed E-state index contributed by atoms with van der Waals surface area (Å²) in [7, 11) is 0. The topological polar surface area (TPSA) is 92.0 Å². The highest BCUT2D eigenvalue weighted by molar-refractivity contribution is 5.93. The van der Waals surface area contributed by atoms with Gasteiger partial charge >= 0.3 is 17.9 Å². The summed E-state index contributed by atoms with van der Waals surface area (Å²) in [5, 5.41) is 0. The monoisotopic (exact) mass is 398 g/mol. The Morgan fingerprint density at radius 1 is 1.28 bits per heavy atom. The minimum atomic E-state index is -0.684. The molecule has 3 fully saturated rings. The number of esters is 3. The maximum absolute atomic E-state index is 13.2. The van der Waals surface area contributed by atoms with Gasteiger partial charge in [0.2, 0.25) is 0 Å². The van der Waals surface area contributed by atoms with Crippen LogP contribution in [-0.4, -0.2) is 30.6 Å². The summed E-state index contributed by atoms with van der Waals surface area (Å²) in [6, 6.07) is 1.79. The molecule has 1 aromatic heterocycles. The van der Waals surface area contributed by atoms with Crippen LogP contribution in [0.3, 0.4) is 0 Å². The Kier molecular flexibility index (Phi) is 3.82. The number of ether oxygens (including phenoxy) is 3. The van der Waals surface area contributed by atoms with Gasteiger partial charge in [0.05, 0.1) is 18.4 Å². The number of carbonyl (C=O) groups excluding carboxylic acids is 3. The molecular formula is C22H22O7. The fourth-order valence-electron chi connectivity index (χ4n) is 6.03. The zero-order valence-corrected chi connectivity index (χ0v) is 16.3. The third-order valence-electron chi connectivity index (χ3n) is 7.11. The zero-order chi connectivity index (χ0) is 20.4. The summed E-state index contributed by atoms with van der Waals surface area (Å²) in [6.45, 7) is 3.58.